The average Bonchev–Trinajstić information content (AvgIpc) is 2.88. The molecule has 4 nitrogen and oxygen atoms in total. The van der Waals surface area contributed by atoms with Crippen molar-refractivity contribution in [2.45, 2.75) is 0 Å². The molecule has 1 aliphatic rings. The average molecular weight is 410 g/mol. The molecule has 1 heterocycles. The Labute approximate surface area is 168 Å². The highest BCUT2D eigenvalue weighted by molar-refractivity contribution is 8.09. The van der Waals surface area contributed by atoms with E-state index in [4.69, 9.17) is 11.6 Å². The number of sulfone groups is 1. The fourth-order valence-electron chi connectivity index (χ4n) is 3.18. The molecule has 3 aromatic rings. The van der Waals surface area contributed by atoms with Gasteiger partial charge in [-0.05, 0) is 29.3 Å². The van der Waals surface area contributed by atoms with E-state index in [0.717, 1.165) is 0 Å². The molecule has 6 heteroatoms. The van der Waals surface area contributed by atoms with Crippen molar-refractivity contribution >= 4 is 36.9 Å². The van der Waals surface area contributed by atoms with E-state index in [-0.39, 0.29) is 21.3 Å². The van der Waals surface area contributed by atoms with Crippen LogP contribution in [0.4, 0.5) is 5.69 Å². The minimum absolute atomic E-state index is 0.0319. The molecular formula is C22H16ClNO3S. The maximum atomic E-state index is 13.4. The molecule has 0 aromatic heterocycles. The Bertz CT molecular complexity index is 1200. The zero-order chi connectivity index (χ0) is 19.7. The van der Waals surface area contributed by atoms with Crippen LogP contribution < -0.4 is 5.32 Å². The van der Waals surface area contributed by atoms with E-state index < -0.39 is 9.84 Å². The molecule has 140 valence electrons. The van der Waals surface area contributed by atoms with Crippen LogP contribution in [0.1, 0.15) is 11.1 Å². The van der Waals surface area contributed by atoms with Crippen molar-refractivity contribution in [1.29, 1.82) is 0 Å². The minimum Gasteiger partial charge on any atom is -0.504 e. The summed E-state index contributed by atoms with van der Waals surface area (Å²) in [6.07, 6.45) is 0. The Kier molecular flexibility index (Phi) is 4.71. The van der Waals surface area contributed by atoms with Crippen LogP contribution in [0.3, 0.4) is 0 Å². The summed E-state index contributed by atoms with van der Waals surface area (Å²) in [5, 5.41) is 14.5. The molecule has 0 spiro atoms. The van der Waals surface area contributed by atoms with E-state index in [1.807, 2.05) is 0 Å². The molecule has 0 radical (unpaired) electrons. The summed E-state index contributed by atoms with van der Waals surface area (Å²) >= 11 is 6.05. The van der Waals surface area contributed by atoms with Gasteiger partial charge in [-0.3, -0.25) is 0 Å². The zero-order valence-electron chi connectivity index (χ0n) is 14.6. The number of hydrogen-bond donors (Lipinski definition) is 2. The van der Waals surface area contributed by atoms with Gasteiger partial charge in [0.1, 0.15) is 15.5 Å². The van der Waals surface area contributed by atoms with Crippen molar-refractivity contribution < 1.29 is 13.5 Å². The number of benzene rings is 3. The van der Waals surface area contributed by atoms with Crippen molar-refractivity contribution in [2.24, 2.45) is 0 Å². The van der Waals surface area contributed by atoms with Crippen LogP contribution in [0.15, 0.2) is 96.4 Å². The third kappa shape index (κ3) is 3.19. The molecule has 3 aromatic carbocycles. The Morgan fingerprint density at radius 3 is 1.89 bits per heavy atom. The summed E-state index contributed by atoms with van der Waals surface area (Å²) < 4.78 is 26.9. The predicted octanol–water partition coefficient (Wildman–Crippen LogP) is 5.48. The monoisotopic (exact) mass is 409 g/mol. The van der Waals surface area contributed by atoms with E-state index in [9.17, 15) is 13.5 Å². The molecule has 0 aliphatic carbocycles. The van der Waals surface area contributed by atoms with E-state index in [1.165, 1.54) is 0 Å². The van der Waals surface area contributed by atoms with Crippen molar-refractivity contribution in [3.63, 3.8) is 0 Å². The predicted molar refractivity (Wildman–Crippen MR) is 113 cm³/mol. The molecule has 2 N–H and O–H groups in total. The molecule has 0 saturated carbocycles. The number of aliphatic hydroxyl groups excluding tert-OH is 1. The lowest BCUT2D eigenvalue weighted by Gasteiger charge is -2.11. The molecule has 28 heavy (non-hydrogen) atoms. The van der Waals surface area contributed by atoms with Crippen LogP contribution >= 0.6 is 11.6 Å². The van der Waals surface area contributed by atoms with Gasteiger partial charge >= 0.3 is 0 Å². The highest BCUT2D eigenvalue weighted by Gasteiger charge is 2.40. The quantitative estimate of drug-likeness (QED) is 0.599. The molecule has 0 atom stereocenters. The van der Waals surface area contributed by atoms with Crippen LogP contribution in [-0.4, -0.2) is 13.5 Å². The third-order valence-electron chi connectivity index (χ3n) is 4.38. The number of anilines is 1. The first-order valence-corrected chi connectivity index (χ1v) is 10.4. The molecule has 4 rings (SSSR count). The third-order valence-corrected chi connectivity index (χ3v) is 6.56. The lowest BCUT2D eigenvalue weighted by Crippen LogP contribution is -2.05. The Balaban J connectivity index is 1.94. The van der Waals surface area contributed by atoms with Crippen molar-refractivity contribution in [3.05, 3.63) is 113 Å². The fourth-order valence-corrected chi connectivity index (χ4v) is 5.24. The first-order chi connectivity index (χ1) is 13.5. The maximum absolute atomic E-state index is 13.4. The standard InChI is InChI=1S/C22H16ClNO3S/c23-17-12-7-13-18(14-17)24-19-20(25)22(16-10-5-2-6-11-16)28(26,27)21(19)15-8-3-1-4-9-15/h1-14,24-25H. The summed E-state index contributed by atoms with van der Waals surface area (Å²) in [5.74, 6) is -0.315. The number of nitrogens with one attached hydrogen (secondary N) is 1. The fraction of sp³-hybridized carbons (Fsp3) is 0. The molecule has 0 fully saturated rings. The number of halogens is 1. The van der Waals surface area contributed by atoms with Gasteiger partial charge in [-0.2, -0.15) is 0 Å². The normalized spacial score (nSPS) is 15.8. The van der Waals surface area contributed by atoms with E-state index in [2.05, 4.69) is 5.32 Å². The number of aliphatic hydroxyl groups is 1. The highest BCUT2D eigenvalue weighted by Crippen LogP contribution is 2.45. The smallest absolute Gasteiger partial charge is 0.213 e. The van der Waals surface area contributed by atoms with Gasteiger partial charge < -0.3 is 10.4 Å². The molecular weight excluding hydrogens is 394 g/mol. The Morgan fingerprint density at radius 2 is 1.32 bits per heavy atom. The van der Waals surface area contributed by atoms with Crippen molar-refractivity contribution in [3.8, 4) is 0 Å². The van der Waals surface area contributed by atoms with Gasteiger partial charge in [0.05, 0.1) is 0 Å². The number of rotatable bonds is 4. The second-order valence-electron chi connectivity index (χ2n) is 6.25. The van der Waals surface area contributed by atoms with Gasteiger partial charge in [0.15, 0.2) is 5.76 Å². The highest BCUT2D eigenvalue weighted by atomic mass is 35.5. The van der Waals surface area contributed by atoms with Crippen LogP contribution in [0.2, 0.25) is 5.02 Å². The maximum Gasteiger partial charge on any atom is 0.213 e. The molecule has 0 unspecified atom stereocenters. The molecule has 0 saturated heterocycles. The first kappa shape index (κ1) is 18.3. The summed E-state index contributed by atoms with van der Waals surface area (Å²) in [6, 6.07) is 24.2. The van der Waals surface area contributed by atoms with Crippen LogP contribution in [-0.2, 0) is 9.84 Å². The SMILES string of the molecule is O=S1(=O)C(c2ccccc2)=C(O)C(Nc2cccc(Cl)c2)=C1c1ccccc1. The topological polar surface area (TPSA) is 66.4 Å². The Morgan fingerprint density at radius 1 is 0.750 bits per heavy atom. The van der Waals surface area contributed by atoms with Gasteiger partial charge in [0.25, 0.3) is 0 Å². The lowest BCUT2D eigenvalue weighted by atomic mass is 10.1. The summed E-state index contributed by atoms with van der Waals surface area (Å²) in [5.41, 5.74) is 1.63. The number of hydrogen-bond acceptors (Lipinski definition) is 4. The largest absolute Gasteiger partial charge is 0.504 e. The second-order valence-corrected chi connectivity index (χ2v) is 8.51. The van der Waals surface area contributed by atoms with Gasteiger partial charge in [0, 0.05) is 10.7 Å². The molecule has 0 bridgehead atoms. The van der Waals surface area contributed by atoms with E-state index >= 15 is 0 Å². The van der Waals surface area contributed by atoms with Crippen LogP contribution in [0.25, 0.3) is 9.81 Å². The van der Waals surface area contributed by atoms with Crippen LogP contribution in [0.5, 0.6) is 0 Å². The van der Waals surface area contributed by atoms with E-state index in [1.54, 1.807) is 84.9 Å². The van der Waals surface area contributed by atoms with E-state index in [0.29, 0.717) is 21.8 Å². The first-order valence-electron chi connectivity index (χ1n) is 8.55. The van der Waals surface area contributed by atoms with Gasteiger partial charge in [0.2, 0.25) is 9.84 Å². The molecule has 1 aliphatic heterocycles. The van der Waals surface area contributed by atoms with Gasteiger partial charge in [-0.1, -0.05) is 78.3 Å². The lowest BCUT2D eigenvalue weighted by molar-refractivity contribution is 0.430. The van der Waals surface area contributed by atoms with Crippen LogP contribution in [0, 0.1) is 0 Å². The summed E-state index contributed by atoms with van der Waals surface area (Å²) in [4.78, 5) is -0.0825. The Hall–Kier alpha value is -3.02. The molecule has 0 amide bonds. The van der Waals surface area contributed by atoms with Crippen molar-refractivity contribution in [2.75, 3.05) is 5.32 Å². The minimum atomic E-state index is -3.95. The van der Waals surface area contributed by atoms with Gasteiger partial charge in [-0.15, -0.1) is 0 Å². The summed E-state index contributed by atoms with van der Waals surface area (Å²) in [7, 11) is -3.95. The van der Waals surface area contributed by atoms with Crippen molar-refractivity contribution in [1.82, 2.24) is 0 Å². The second kappa shape index (κ2) is 7.19. The zero-order valence-corrected chi connectivity index (χ0v) is 16.2. The van der Waals surface area contributed by atoms with Gasteiger partial charge in [-0.25, -0.2) is 8.42 Å². The summed E-state index contributed by atoms with van der Waals surface area (Å²) in [6.45, 7) is 0.